The number of amides is 1. The molecule has 1 aliphatic heterocycles. The average Bonchev–Trinajstić information content (AvgIpc) is 2.34. The van der Waals surface area contributed by atoms with Crippen LogP contribution in [0.25, 0.3) is 0 Å². The van der Waals surface area contributed by atoms with Crippen molar-refractivity contribution >= 4 is 11.8 Å². The lowest BCUT2D eigenvalue weighted by atomic mass is 9.96. The Hall–Kier alpha value is -1.92. The van der Waals surface area contributed by atoms with Crippen LogP contribution in [0.15, 0.2) is 18.2 Å². The highest BCUT2D eigenvalue weighted by atomic mass is 19.4. The van der Waals surface area contributed by atoms with Crippen LogP contribution in [-0.4, -0.2) is 31.3 Å². The normalized spacial score (nSPS) is 18.4. The first-order valence-corrected chi connectivity index (χ1v) is 7.36. The Bertz CT molecular complexity index is 594. The van der Waals surface area contributed by atoms with E-state index in [1.807, 2.05) is 0 Å². The summed E-state index contributed by atoms with van der Waals surface area (Å²) in [6, 6.07) is 3.48. The molecule has 0 bridgehead atoms. The monoisotopic (exact) mass is 330 g/mol. The van der Waals surface area contributed by atoms with E-state index in [1.54, 1.807) is 32.7 Å². The van der Waals surface area contributed by atoms with Crippen LogP contribution in [0.4, 0.5) is 23.7 Å². The molecule has 0 saturated carbocycles. The quantitative estimate of drug-likeness (QED) is 0.855. The summed E-state index contributed by atoms with van der Waals surface area (Å²) >= 11 is 0. The molecule has 1 aromatic rings. The summed E-state index contributed by atoms with van der Waals surface area (Å²) < 4.78 is 43.6. The maximum atomic E-state index is 12.8. The fourth-order valence-corrected chi connectivity index (χ4v) is 2.60. The first kappa shape index (κ1) is 17.4. The minimum atomic E-state index is -4.36. The van der Waals surface area contributed by atoms with Gasteiger partial charge in [0.05, 0.1) is 11.6 Å². The SMILES string of the molecule is CN1CC(NC(=O)OC(C)(C)C)Cc2ccc(C(F)(F)F)cc21. The van der Waals surface area contributed by atoms with E-state index in [0.717, 1.165) is 17.7 Å². The van der Waals surface area contributed by atoms with Crippen LogP contribution in [0.1, 0.15) is 31.9 Å². The molecular formula is C16H21F3N2O2. The summed E-state index contributed by atoms with van der Waals surface area (Å²) in [5, 5.41) is 2.77. The van der Waals surface area contributed by atoms with Gasteiger partial charge in [-0.2, -0.15) is 13.2 Å². The molecule has 2 rings (SSSR count). The van der Waals surface area contributed by atoms with Crippen molar-refractivity contribution < 1.29 is 22.7 Å². The number of alkyl halides is 3. The van der Waals surface area contributed by atoms with Crippen LogP contribution in [0.2, 0.25) is 0 Å². The van der Waals surface area contributed by atoms with E-state index in [0.29, 0.717) is 18.7 Å². The second-order valence-electron chi connectivity index (χ2n) is 6.77. The van der Waals surface area contributed by atoms with Crippen molar-refractivity contribution in [3.63, 3.8) is 0 Å². The number of nitrogens with zero attached hydrogens (tertiary/aromatic N) is 1. The Kier molecular flexibility index (Phi) is 4.50. The second-order valence-corrected chi connectivity index (χ2v) is 6.77. The molecule has 7 heteroatoms. The number of fused-ring (bicyclic) bond motifs is 1. The Morgan fingerprint density at radius 3 is 2.52 bits per heavy atom. The molecule has 0 spiro atoms. The molecule has 0 aromatic heterocycles. The number of carbonyl (C=O) groups is 1. The lowest BCUT2D eigenvalue weighted by Crippen LogP contribution is -2.48. The van der Waals surface area contributed by atoms with E-state index in [9.17, 15) is 18.0 Å². The molecule has 1 aliphatic rings. The van der Waals surface area contributed by atoms with Gasteiger partial charge in [-0.3, -0.25) is 0 Å². The Morgan fingerprint density at radius 2 is 1.96 bits per heavy atom. The number of nitrogens with one attached hydrogen (secondary N) is 1. The van der Waals surface area contributed by atoms with E-state index >= 15 is 0 Å². The number of likely N-dealkylation sites (N-methyl/N-ethyl adjacent to an activating group) is 1. The number of carbonyl (C=O) groups excluding carboxylic acids is 1. The smallest absolute Gasteiger partial charge is 0.416 e. The fraction of sp³-hybridized carbons (Fsp3) is 0.562. The highest BCUT2D eigenvalue weighted by molar-refractivity contribution is 5.69. The molecule has 1 aromatic carbocycles. The van der Waals surface area contributed by atoms with Gasteiger partial charge in [-0.15, -0.1) is 0 Å². The number of benzene rings is 1. The molecule has 4 nitrogen and oxygen atoms in total. The number of hydrogen-bond donors (Lipinski definition) is 1. The Labute approximate surface area is 133 Å². The van der Waals surface area contributed by atoms with Crippen molar-refractivity contribution in [2.45, 2.75) is 45.0 Å². The van der Waals surface area contributed by atoms with Crippen molar-refractivity contribution in [3.05, 3.63) is 29.3 Å². The summed E-state index contributed by atoms with van der Waals surface area (Å²) in [7, 11) is 1.71. The van der Waals surface area contributed by atoms with Gasteiger partial charge in [0, 0.05) is 19.3 Å². The fourth-order valence-electron chi connectivity index (χ4n) is 2.60. The van der Waals surface area contributed by atoms with Gasteiger partial charge >= 0.3 is 12.3 Å². The predicted octanol–water partition coefficient (Wildman–Crippen LogP) is 3.59. The maximum Gasteiger partial charge on any atom is 0.416 e. The first-order chi connectivity index (χ1) is 10.5. The van der Waals surface area contributed by atoms with Crippen LogP contribution in [0.5, 0.6) is 0 Å². The number of hydrogen-bond acceptors (Lipinski definition) is 3. The molecule has 1 N–H and O–H groups in total. The van der Waals surface area contributed by atoms with Crippen LogP contribution in [-0.2, 0) is 17.3 Å². The second kappa shape index (κ2) is 5.94. The van der Waals surface area contributed by atoms with Crippen molar-refractivity contribution in [3.8, 4) is 0 Å². The predicted molar refractivity (Wildman–Crippen MR) is 81.6 cm³/mol. The van der Waals surface area contributed by atoms with Crippen molar-refractivity contribution in [2.75, 3.05) is 18.5 Å². The third-order valence-corrected chi connectivity index (χ3v) is 3.51. The topological polar surface area (TPSA) is 41.6 Å². The van der Waals surface area contributed by atoms with Gasteiger partial charge in [0.25, 0.3) is 0 Å². The van der Waals surface area contributed by atoms with Crippen molar-refractivity contribution in [1.82, 2.24) is 5.32 Å². The van der Waals surface area contributed by atoms with Gasteiger partial charge in [0.15, 0.2) is 0 Å². The van der Waals surface area contributed by atoms with E-state index in [-0.39, 0.29) is 6.04 Å². The third-order valence-electron chi connectivity index (χ3n) is 3.51. The minimum absolute atomic E-state index is 0.209. The van der Waals surface area contributed by atoms with Crippen LogP contribution in [0.3, 0.4) is 0 Å². The molecule has 0 saturated heterocycles. The zero-order chi connectivity index (χ0) is 17.4. The summed E-state index contributed by atoms with van der Waals surface area (Å²) in [5.41, 5.74) is 0.0565. The van der Waals surface area contributed by atoms with Gasteiger partial charge in [-0.1, -0.05) is 6.07 Å². The lowest BCUT2D eigenvalue weighted by Gasteiger charge is -2.34. The maximum absolute atomic E-state index is 12.8. The lowest BCUT2D eigenvalue weighted by molar-refractivity contribution is -0.137. The number of anilines is 1. The van der Waals surface area contributed by atoms with Gasteiger partial charge < -0.3 is 15.0 Å². The van der Waals surface area contributed by atoms with Crippen molar-refractivity contribution in [1.29, 1.82) is 0 Å². The van der Waals surface area contributed by atoms with Crippen LogP contribution >= 0.6 is 0 Å². The van der Waals surface area contributed by atoms with Crippen LogP contribution in [0, 0.1) is 0 Å². The van der Waals surface area contributed by atoms with E-state index in [4.69, 9.17) is 4.74 Å². The van der Waals surface area contributed by atoms with Gasteiger partial charge in [0.1, 0.15) is 5.60 Å². The summed E-state index contributed by atoms with van der Waals surface area (Å²) in [6.45, 7) is 5.74. The third kappa shape index (κ3) is 4.53. The summed E-state index contributed by atoms with van der Waals surface area (Å²) in [5.74, 6) is 0. The molecule has 1 amide bonds. The molecule has 128 valence electrons. The summed E-state index contributed by atoms with van der Waals surface area (Å²) in [6.07, 6.45) is -4.41. The number of ether oxygens (including phenoxy) is 1. The van der Waals surface area contributed by atoms with Gasteiger partial charge in [-0.25, -0.2) is 4.79 Å². The average molecular weight is 330 g/mol. The minimum Gasteiger partial charge on any atom is -0.444 e. The molecule has 1 unspecified atom stereocenters. The molecule has 1 atom stereocenters. The van der Waals surface area contributed by atoms with Gasteiger partial charge in [0.2, 0.25) is 0 Å². The Morgan fingerprint density at radius 1 is 1.30 bits per heavy atom. The highest BCUT2D eigenvalue weighted by Crippen LogP contribution is 2.35. The molecule has 0 fully saturated rings. The zero-order valence-corrected chi connectivity index (χ0v) is 13.6. The number of halogens is 3. The first-order valence-electron chi connectivity index (χ1n) is 7.36. The highest BCUT2D eigenvalue weighted by Gasteiger charge is 2.33. The van der Waals surface area contributed by atoms with E-state index < -0.39 is 23.4 Å². The largest absolute Gasteiger partial charge is 0.444 e. The zero-order valence-electron chi connectivity index (χ0n) is 13.6. The van der Waals surface area contributed by atoms with E-state index in [2.05, 4.69) is 5.32 Å². The van der Waals surface area contributed by atoms with Crippen molar-refractivity contribution in [2.24, 2.45) is 0 Å². The van der Waals surface area contributed by atoms with Crippen LogP contribution < -0.4 is 10.2 Å². The van der Waals surface area contributed by atoms with E-state index in [1.165, 1.54) is 6.07 Å². The summed E-state index contributed by atoms with van der Waals surface area (Å²) in [4.78, 5) is 13.5. The molecule has 23 heavy (non-hydrogen) atoms. The number of rotatable bonds is 1. The van der Waals surface area contributed by atoms with Gasteiger partial charge in [-0.05, 0) is 44.9 Å². The number of alkyl carbamates (subject to hydrolysis) is 1. The Balaban J connectivity index is 2.11. The molecule has 0 aliphatic carbocycles. The molecule has 0 radical (unpaired) electrons. The molecule has 1 heterocycles. The standard InChI is InChI=1S/C16H21F3N2O2/c1-15(2,3)23-14(22)20-12-7-10-5-6-11(16(17,18)19)8-13(10)21(4)9-12/h5-6,8,12H,7,9H2,1-4H3,(H,20,22). The molecular weight excluding hydrogens is 309 g/mol.